The van der Waals surface area contributed by atoms with Crippen molar-refractivity contribution in [3.63, 3.8) is 0 Å². The van der Waals surface area contributed by atoms with Crippen LogP contribution in [0.2, 0.25) is 0 Å². The predicted octanol–water partition coefficient (Wildman–Crippen LogP) is 2.24. The van der Waals surface area contributed by atoms with Crippen LogP contribution in [0.3, 0.4) is 0 Å². The van der Waals surface area contributed by atoms with Gasteiger partial charge in [0.25, 0.3) is 11.8 Å². The lowest BCUT2D eigenvalue weighted by Crippen LogP contribution is -2.51. The summed E-state index contributed by atoms with van der Waals surface area (Å²) in [6.07, 6.45) is 0.532. The van der Waals surface area contributed by atoms with Crippen LogP contribution < -0.4 is 10.2 Å². The molecule has 5 rings (SSSR count). The molecule has 0 saturated heterocycles. The molecular formula is C23H21N5O4. The minimum atomic E-state index is -0.645. The largest absolute Gasteiger partial charge is 0.355 e. The maximum absolute atomic E-state index is 13.3. The van der Waals surface area contributed by atoms with Gasteiger partial charge in [0.05, 0.1) is 11.3 Å². The van der Waals surface area contributed by atoms with Crippen LogP contribution in [-0.4, -0.2) is 45.9 Å². The van der Waals surface area contributed by atoms with Crippen LogP contribution >= 0.6 is 0 Å². The lowest BCUT2D eigenvalue weighted by atomic mass is 10.0. The van der Waals surface area contributed by atoms with Crippen LogP contribution in [0.5, 0.6) is 0 Å². The number of carbonyl (C=O) groups is 3. The van der Waals surface area contributed by atoms with Crippen LogP contribution in [0, 0.1) is 6.92 Å². The van der Waals surface area contributed by atoms with Gasteiger partial charge in [-0.05, 0) is 31.5 Å². The Morgan fingerprint density at radius 2 is 1.81 bits per heavy atom. The summed E-state index contributed by atoms with van der Waals surface area (Å²) in [7, 11) is 0. The molecule has 0 bridgehead atoms. The maximum Gasteiger partial charge on any atom is 0.260 e. The van der Waals surface area contributed by atoms with Gasteiger partial charge in [-0.2, -0.15) is 4.98 Å². The fraction of sp³-hybridized carbons (Fsp3) is 0.261. The van der Waals surface area contributed by atoms with Crippen LogP contribution in [0.4, 0.5) is 5.69 Å². The molecular weight excluding hydrogens is 410 g/mol. The zero-order chi connectivity index (χ0) is 22.2. The predicted molar refractivity (Wildman–Crippen MR) is 114 cm³/mol. The smallest absolute Gasteiger partial charge is 0.260 e. The molecule has 0 saturated carbocycles. The van der Waals surface area contributed by atoms with E-state index in [-0.39, 0.29) is 24.3 Å². The first kappa shape index (κ1) is 19.9. The number of para-hydroxylation sites is 1. The Morgan fingerprint density at radius 3 is 2.59 bits per heavy atom. The minimum Gasteiger partial charge on any atom is -0.355 e. The summed E-state index contributed by atoms with van der Waals surface area (Å²) in [5, 5.41) is 6.58. The summed E-state index contributed by atoms with van der Waals surface area (Å²) in [6.45, 7) is 2.00. The number of nitrogens with one attached hydrogen (secondary N) is 1. The van der Waals surface area contributed by atoms with E-state index < -0.39 is 6.17 Å². The molecule has 3 heterocycles. The fourth-order valence-corrected chi connectivity index (χ4v) is 4.25. The van der Waals surface area contributed by atoms with Gasteiger partial charge in [0.2, 0.25) is 11.8 Å². The van der Waals surface area contributed by atoms with Crippen molar-refractivity contribution >= 4 is 23.4 Å². The first-order valence-corrected chi connectivity index (χ1v) is 10.4. The van der Waals surface area contributed by atoms with Crippen LogP contribution in [0.15, 0.2) is 53.1 Å². The number of nitrogens with zero attached hydrogens (tertiary/aromatic N) is 4. The fourth-order valence-electron chi connectivity index (χ4n) is 4.25. The summed E-state index contributed by atoms with van der Waals surface area (Å²) < 4.78 is 5.07. The molecule has 1 atom stereocenters. The van der Waals surface area contributed by atoms with E-state index in [1.807, 2.05) is 12.1 Å². The zero-order valence-electron chi connectivity index (χ0n) is 17.4. The second kappa shape index (κ2) is 7.92. The van der Waals surface area contributed by atoms with Gasteiger partial charge in [-0.3, -0.25) is 19.3 Å². The van der Waals surface area contributed by atoms with E-state index in [0.29, 0.717) is 47.9 Å². The Morgan fingerprint density at radius 1 is 1.06 bits per heavy atom. The molecule has 162 valence electrons. The summed E-state index contributed by atoms with van der Waals surface area (Å²) in [5.41, 5.74) is 2.24. The van der Waals surface area contributed by atoms with Crippen LogP contribution in [-0.2, 0) is 11.2 Å². The molecule has 3 amide bonds. The number of hydrogen-bond acceptors (Lipinski definition) is 6. The normalized spacial score (nSPS) is 16.6. The molecule has 0 fully saturated rings. The number of aryl methyl sites for hydroxylation is 2. The van der Waals surface area contributed by atoms with Gasteiger partial charge in [-0.1, -0.05) is 35.5 Å². The topological polar surface area (TPSA) is 109 Å². The summed E-state index contributed by atoms with van der Waals surface area (Å²) in [4.78, 5) is 46.4. The highest BCUT2D eigenvalue weighted by Crippen LogP contribution is 2.44. The third kappa shape index (κ3) is 3.31. The molecule has 1 aromatic heterocycles. The average molecular weight is 431 g/mol. The zero-order valence-corrected chi connectivity index (χ0v) is 17.4. The van der Waals surface area contributed by atoms with Gasteiger partial charge in [0.15, 0.2) is 5.82 Å². The standard InChI is InChI=1S/C23H21N5O4/c1-14-25-20(32-26-14)11-6-12-24-19(29)13-27-21-15-7-2-3-8-16(15)23(31)28(21)18-10-5-4-9-17(18)22(27)30/h2-5,7-10,21H,6,11-13H2,1H3,(H,24,29). The monoisotopic (exact) mass is 431 g/mol. The molecule has 1 unspecified atom stereocenters. The highest BCUT2D eigenvalue weighted by Gasteiger charge is 2.47. The molecule has 3 aromatic rings. The van der Waals surface area contributed by atoms with Gasteiger partial charge in [-0.25, -0.2) is 0 Å². The quantitative estimate of drug-likeness (QED) is 0.600. The SMILES string of the molecule is Cc1noc(CCCNC(=O)CN2C(=O)c3ccccc3N3C(=O)c4ccccc4C23)n1. The molecule has 2 aliphatic heterocycles. The Kier molecular flexibility index (Phi) is 4.93. The van der Waals surface area contributed by atoms with Gasteiger partial charge >= 0.3 is 0 Å². The first-order valence-electron chi connectivity index (χ1n) is 10.4. The number of aromatic nitrogens is 2. The van der Waals surface area contributed by atoms with E-state index in [2.05, 4.69) is 15.5 Å². The second-order valence-corrected chi connectivity index (χ2v) is 7.78. The Bertz CT molecular complexity index is 1220. The van der Waals surface area contributed by atoms with Crippen LogP contribution in [0.1, 0.15) is 50.6 Å². The molecule has 9 heteroatoms. The van der Waals surface area contributed by atoms with Crippen molar-refractivity contribution in [2.24, 2.45) is 0 Å². The van der Waals surface area contributed by atoms with E-state index in [9.17, 15) is 14.4 Å². The van der Waals surface area contributed by atoms with E-state index in [1.54, 1.807) is 48.2 Å². The highest BCUT2D eigenvalue weighted by atomic mass is 16.5. The van der Waals surface area contributed by atoms with E-state index in [4.69, 9.17) is 4.52 Å². The van der Waals surface area contributed by atoms with Crippen molar-refractivity contribution in [2.75, 3.05) is 18.0 Å². The summed E-state index contributed by atoms with van der Waals surface area (Å²) in [5.74, 6) is 0.352. The number of benzene rings is 2. The van der Waals surface area contributed by atoms with Gasteiger partial charge in [0.1, 0.15) is 12.7 Å². The third-order valence-electron chi connectivity index (χ3n) is 5.66. The molecule has 0 aliphatic carbocycles. The first-order chi connectivity index (χ1) is 15.5. The average Bonchev–Trinajstić information content (AvgIpc) is 3.35. The van der Waals surface area contributed by atoms with Crippen molar-refractivity contribution in [3.8, 4) is 0 Å². The van der Waals surface area contributed by atoms with Crippen molar-refractivity contribution in [1.82, 2.24) is 20.4 Å². The van der Waals surface area contributed by atoms with Gasteiger partial charge in [0, 0.05) is 24.1 Å². The molecule has 2 aliphatic rings. The number of rotatable bonds is 6. The minimum absolute atomic E-state index is 0.157. The molecule has 32 heavy (non-hydrogen) atoms. The Balaban J connectivity index is 1.34. The van der Waals surface area contributed by atoms with E-state index in [1.165, 1.54) is 4.90 Å². The summed E-state index contributed by atoms with van der Waals surface area (Å²) >= 11 is 0. The highest BCUT2D eigenvalue weighted by molar-refractivity contribution is 6.17. The van der Waals surface area contributed by atoms with Gasteiger partial charge < -0.3 is 14.7 Å². The van der Waals surface area contributed by atoms with Crippen molar-refractivity contribution in [2.45, 2.75) is 25.9 Å². The van der Waals surface area contributed by atoms with Crippen molar-refractivity contribution in [3.05, 3.63) is 76.9 Å². The number of anilines is 1. The molecule has 0 spiro atoms. The molecule has 2 aromatic carbocycles. The molecule has 1 N–H and O–H groups in total. The lowest BCUT2D eigenvalue weighted by molar-refractivity contribution is -0.122. The van der Waals surface area contributed by atoms with E-state index in [0.717, 1.165) is 5.56 Å². The number of amides is 3. The Hall–Kier alpha value is -4.01. The number of hydrogen-bond donors (Lipinski definition) is 1. The third-order valence-corrected chi connectivity index (χ3v) is 5.66. The van der Waals surface area contributed by atoms with E-state index >= 15 is 0 Å². The maximum atomic E-state index is 13.3. The Labute approximate surface area is 184 Å². The molecule has 0 radical (unpaired) electrons. The van der Waals surface area contributed by atoms with Crippen LogP contribution in [0.25, 0.3) is 0 Å². The van der Waals surface area contributed by atoms with Gasteiger partial charge in [-0.15, -0.1) is 0 Å². The second-order valence-electron chi connectivity index (χ2n) is 7.78. The van der Waals surface area contributed by atoms with Crippen molar-refractivity contribution < 1.29 is 18.9 Å². The lowest BCUT2D eigenvalue weighted by Gasteiger charge is -2.40. The molecule has 9 nitrogen and oxygen atoms in total. The number of carbonyl (C=O) groups excluding carboxylic acids is 3. The number of fused-ring (bicyclic) bond motifs is 5. The summed E-state index contributed by atoms with van der Waals surface area (Å²) in [6, 6.07) is 14.2. The van der Waals surface area contributed by atoms with Crippen molar-refractivity contribution in [1.29, 1.82) is 0 Å².